The molecule has 1 fully saturated rings. The highest BCUT2D eigenvalue weighted by molar-refractivity contribution is 7.89. The molecule has 7 nitrogen and oxygen atoms in total. The van der Waals surface area contributed by atoms with E-state index in [1.807, 2.05) is 6.92 Å². The minimum absolute atomic E-state index is 0.105. The van der Waals surface area contributed by atoms with E-state index in [-0.39, 0.29) is 22.7 Å². The van der Waals surface area contributed by atoms with Crippen LogP contribution < -0.4 is 5.73 Å². The minimum atomic E-state index is -3.63. The van der Waals surface area contributed by atoms with E-state index in [1.54, 1.807) is 26.0 Å². The quantitative estimate of drug-likeness (QED) is 0.798. The van der Waals surface area contributed by atoms with Crippen LogP contribution in [0.2, 0.25) is 0 Å². The Morgan fingerprint density at radius 3 is 2.77 bits per heavy atom. The Balaban J connectivity index is 1.99. The van der Waals surface area contributed by atoms with Gasteiger partial charge in [-0.25, -0.2) is 13.2 Å². The third-order valence-corrected chi connectivity index (χ3v) is 6.86. The Labute approximate surface area is 153 Å². The van der Waals surface area contributed by atoms with Gasteiger partial charge in [0.1, 0.15) is 5.58 Å². The first-order valence-electron chi connectivity index (χ1n) is 8.62. The number of hydrogen-bond acceptors (Lipinski definition) is 6. The highest BCUT2D eigenvalue weighted by Gasteiger charge is 2.39. The van der Waals surface area contributed by atoms with Gasteiger partial charge in [-0.1, -0.05) is 6.92 Å². The lowest BCUT2D eigenvalue weighted by atomic mass is 9.90. The Kier molecular flexibility index (Phi) is 4.85. The maximum absolute atomic E-state index is 13.0. The molecule has 26 heavy (non-hydrogen) atoms. The van der Waals surface area contributed by atoms with E-state index in [2.05, 4.69) is 0 Å². The second kappa shape index (κ2) is 6.68. The molecule has 1 atom stereocenters. The lowest BCUT2D eigenvalue weighted by Crippen LogP contribution is -2.34. The maximum Gasteiger partial charge on any atom is 0.374 e. The first kappa shape index (κ1) is 18.9. The zero-order chi connectivity index (χ0) is 19.1. The SMILES string of the molecule is CCOC(=O)c1oc2ccc(S(=O)(=O)N3CCC(C)(CN)C3)cc2c1C. The number of carbonyl (C=O) groups excluding carboxylic acids is 1. The molecule has 0 saturated carbocycles. The Morgan fingerprint density at radius 1 is 1.42 bits per heavy atom. The highest BCUT2D eigenvalue weighted by Crippen LogP contribution is 2.34. The molecule has 2 heterocycles. The number of rotatable bonds is 5. The van der Waals surface area contributed by atoms with Crippen LogP contribution >= 0.6 is 0 Å². The number of nitrogens with two attached hydrogens (primary N) is 1. The van der Waals surface area contributed by atoms with E-state index in [4.69, 9.17) is 14.9 Å². The van der Waals surface area contributed by atoms with Gasteiger partial charge < -0.3 is 14.9 Å². The van der Waals surface area contributed by atoms with Crippen molar-refractivity contribution < 1.29 is 22.4 Å². The van der Waals surface area contributed by atoms with Gasteiger partial charge in [-0.05, 0) is 50.4 Å². The second-order valence-electron chi connectivity index (χ2n) is 7.04. The highest BCUT2D eigenvalue weighted by atomic mass is 32.2. The predicted molar refractivity (Wildman–Crippen MR) is 97.4 cm³/mol. The van der Waals surface area contributed by atoms with Crippen LogP contribution in [0.3, 0.4) is 0 Å². The molecule has 142 valence electrons. The molecule has 1 unspecified atom stereocenters. The molecule has 1 aromatic carbocycles. The van der Waals surface area contributed by atoms with Crippen molar-refractivity contribution in [1.82, 2.24) is 4.31 Å². The molecule has 3 rings (SSSR count). The first-order valence-corrected chi connectivity index (χ1v) is 10.1. The molecule has 1 saturated heterocycles. The number of furan rings is 1. The van der Waals surface area contributed by atoms with Crippen molar-refractivity contribution in [2.24, 2.45) is 11.1 Å². The van der Waals surface area contributed by atoms with Gasteiger partial charge in [0.15, 0.2) is 0 Å². The van der Waals surface area contributed by atoms with Crippen LogP contribution in [0.25, 0.3) is 11.0 Å². The van der Waals surface area contributed by atoms with Gasteiger partial charge in [0, 0.05) is 24.0 Å². The average molecular weight is 380 g/mol. The van der Waals surface area contributed by atoms with Gasteiger partial charge in [0.05, 0.1) is 11.5 Å². The third-order valence-electron chi connectivity index (χ3n) is 5.02. The van der Waals surface area contributed by atoms with Crippen molar-refractivity contribution in [2.45, 2.75) is 32.1 Å². The van der Waals surface area contributed by atoms with Crippen molar-refractivity contribution in [1.29, 1.82) is 0 Å². The molecule has 0 spiro atoms. The number of benzene rings is 1. The zero-order valence-corrected chi connectivity index (χ0v) is 16.1. The van der Waals surface area contributed by atoms with Crippen LogP contribution in [0, 0.1) is 12.3 Å². The first-order chi connectivity index (χ1) is 12.2. The smallest absolute Gasteiger partial charge is 0.374 e. The fourth-order valence-corrected chi connectivity index (χ4v) is 4.87. The number of hydrogen-bond donors (Lipinski definition) is 1. The summed E-state index contributed by atoms with van der Waals surface area (Å²) >= 11 is 0. The molecular weight excluding hydrogens is 356 g/mol. The normalized spacial score (nSPS) is 21.4. The standard InChI is InChI=1S/C18H24N2O5S/c1-4-24-17(21)16-12(2)14-9-13(5-6-15(14)25-16)26(22,23)20-8-7-18(3,10-19)11-20/h5-6,9H,4,7-8,10-11,19H2,1-3H3. The van der Waals surface area contributed by atoms with Crippen LogP contribution in [-0.4, -0.2) is 44.9 Å². The number of aryl methyl sites for hydroxylation is 1. The predicted octanol–water partition coefficient (Wildman–Crippen LogP) is 2.28. The van der Waals surface area contributed by atoms with Crippen molar-refractivity contribution in [2.75, 3.05) is 26.2 Å². The lowest BCUT2D eigenvalue weighted by Gasteiger charge is -2.22. The third kappa shape index (κ3) is 3.13. The molecule has 2 N–H and O–H groups in total. The summed E-state index contributed by atoms with van der Waals surface area (Å²) in [5.74, 6) is -0.447. The van der Waals surface area contributed by atoms with E-state index in [0.717, 1.165) is 6.42 Å². The monoisotopic (exact) mass is 380 g/mol. The van der Waals surface area contributed by atoms with E-state index in [0.29, 0.717) is 36.2 Å². The maximum atomic E-state index is 13.0. The number of sulfonamides is 1. The Bertz CT molecular complexity index is 950. The van der Waals surface area contributed by atoms with Crippen LogP contribution in [0.15, 0.2) is 27.5 Å². The molecule has 2 aromatic rings. The number of ether oxygens (including phenoxy) is 1. The van der Waals surface area contributed by atoms with Crippen molar-refractivity contribution in [3.8, 4) is 0 Å². The number of carbonyl (C=O) groups is 1. The molecule has 1 aromatic heterocycles. The van der Waals surface area contributed by atoms with E-state index >= 15 is 0 Å². The fraction of sp³-hybridized carbons (Fsp3) is 0.500. The lowest BCUT2D eigenvalue weighted by molar-refractivity contribution is 0.0491. The van der Waals surface area contributed by atoms with Crippen LogP contribution in [0.1, 0.15) is 36.4 Å². The van der Waals surface area contributed by atoms with E-state index in [1.165, 1.54) is 10.4 Å². The number of nitrogens with zero attached hydrogens (tertiary/aromatic N) is 1. The van der Waals surface area contributed by atoms with Crippen LogP contribution in [0.4, 0.5) is 0 Å². The minimum Gasteiger partial charge on any atom is -0.460 e. The summed E-state index contributed by atoms with van der Waals surface area (Å²) in [5.41, 5.74) is 6.62. The number of fused-ring (bicyclic) bond motifs is 1. The van der Waals surface area contributed by atoms with E-state index < -0.39 is 16.0 Å². The summed E-state index contributed by atoms with van der Waals surface area (Å²) in [7, 11) is -3.63. The topological polar surface area (TPSA) is 103 Å². The average Bonchev–Trinajstić information content (AvgIpc) is 3.17. The van der Waals surface area contributed by atoms with Crippen LogP contribution in [-0.2, 0) is 14.8 Å². The molecule has 1 aliphatic rings. The zero-order valence-electron chi connectivity index (χ0n) is 15.2. The number of esters is 1. The molecule has 0 aliphatic carbocycles. The van der Waals surface area contributed by atoms with Crippen LogP contribution in [0.5, 0.6) is 0 Å². The summed E-state index contributed by atoms with van der Waals surface area (Å²) in [5, 5.41) is 0.593. The Morgan fingerprint density at radius 2 is 2.15 bits per heavy atom. The van der Waals surface area contributed by atoms with Gasteiger partial charge in [0.2, 0.25) is 15.8 Å². The molecule has 0 radical (unpaired) electrons. The molecular formula is C18H24N2O5S. The second-order valence-corrected chi connectivity index (χ2v) is 8.98. The largest absolute Gasteiger partial charge is 0.460 e. The van der Waals surface area contributed by atoms with Gasteiger partial charge >= 0.3 is 5.97 Å². The summed E-state index contributed by atoms with van der Waals surface area (Å²) in [6, 6.07) is 4.65. The molecule has 8 heteroatoms. The summed E-state index contributed by atoms with van der Waals surface area (Å²) < 4.78 is 38.0. The van der Waals surface area contributed by atoms with Gasteiger partial charge in [-0.15, -0.1) is 0 Å². The fourth-order valence-electron chi connectivity index (χ4n) is 3.25. The summed E-state index contributed by atoms with van der Waals surface area (Å²) in [4.78, 5) is 12.2. The van der Waals surface area contributed by atoms with Crippen molar-refractivity contribution >= 4 is 27.0 Å². The van der Waals surface area contributed by atoms with Crippen molar-refractivity contribution in [3.05, 3.63) is 29.5 Å². The summed E-state index contributed by atoms with van der Waals surface area (Å²) in [6.45, 7) is 6.97. The molecule has 0 bridgehead atoms. The van der Waals surface area contributed by atoms with Gasteiger partial charge in [0.25, 0.3) is 0 Å². The summed E-state index contributed by atoms with van der Waals surface area (Å²) in [6.07, 6.45) is 0.739. The Hall–Kier alpha value is -1.90. The molecule has 1 aliphatic heterocycles. The van der Waals surface area contributed by atoms with Gasteiger partial charge in [-0.2, -0.15) is 4.31 Å². The van der Waals surface area contributed by atoms with Gasteiger partial charge in [-0.3, -0.25) is 0 Å². The van der Waals surface area contributed by atoms with Crippen molar-refractivity contribution in [3.63, 3.8) is 0 Å². The molecule has 0 amide bonds. The van der Waals surface area contributed by atoms with E-state index in [9.17, 15) is 13.2 Å².